The van der Waals surface area contributed by atoms with Gasteiger partial charge in [0.1, 0.15) is 5.75 Å². The van der Waals surface area contributed by atoms with Crippen LogP contribution in [-0.2, 0) is 17.8 Å². The quantitative estimate of drug-likeness (QED) is 0.644. The molecule has 1 aromatic carbocycles. The number of fused-ring (bicyclic) bond motifs is 3. The lowest BCUT2D eigenvalue weighted by atomic mass is 10.1. The predicted octanol–water partition coefficient (Wildman–Crippen LogP) is 2.84. The first-order chi connectivity index (χ1) is 10.1. The number of methoxy groups -OCH3 is 2. The number of aryl methyl sites for hydroxylation is 2. The van der Waals surface area contributed by atoms with Gasteiger partial charge in [-0.25, -0.2) is 0 Å². The average Bonchev–Trinajstić information content (AvgIpc) is 3.01. The molecule has 3 rings (SSSR count). The van der Waals surface area contributed by atoms with Crippen LogP contribution in [0.3, 0.4) is 0 Å². The Kier molecular flexibility index (Phi) is 3.27. The van der Waals surface area contributed by atoms with Gasteiger partial charge in [0.25, 0.3) is 0 Å². The van der Waals surface area contributed by atoms with Gasteiger partial charge in [0, 0.05) is 30.1 Å². The van der Waals surface area contributed by atoms with Crippen LogP contribution in [0.15, 0.2) is 6.07 Å². The Morgan fingerprint density at radius 1 is 1.19 bits per heavy atom. The molecule has 0 radical (unpaired) electrons. The zero-order valence-corrected chi connectivity index (χ0v) is 12.8. The summed E-state index contributed by atoms with van der Waals surface area (Å²) < 4.78 is 18.8. The van der Waals surface area contributed by atoms with E-state index in [2.05, 4.69) is 10.6 Å². The summed E-state index contributed by atoms with van der Waals surface area (Å²) >= 11 is 0. The third-order valence-corrected chi connectivity index (χ3v) is 4.00. The number of hydrogen-bond acceptors (Lipinski definition) is 4. The van der Waals surface area contributed by atoms with Gasteiger partial charge in [0.05, 0.1) is 19.7 Å². The van der Waals surface area contributed by atoms with Crippen molar-refractivity contribution in [2.24, 2.45) is 0 Å². The van der Waals surface area contributed by atoms with E-state index in [1.807, 2.05) is 6.92 Å². The second kappa shape index (κ2) is 4.98. The highest BCUT2D eigenvalue weighted by Crippen LogP contribution is 2.47. The summed E-state index contributed by atoms with van der Waals surface area (Å²) in [7, 11) is 3.24. The van der Waals surface area contributed by atoms with Crippen LogP contribution < -0.4 is 14.2 Å². The Bertz CT molecular complexity index is 730. The summed E-state index contributed by atoms with van der Waals surface area (Å²) in [5.74, 6) is 1.55. The van der Waals surface area contributed by atoms with Gasteiger partial charge in [-0.3, -0.25) is 4.79 Å². The van der Waals surface area contributed by atoms with Gasteiger partial charge in [0.15, 0.2) is 11.5 Å². The lowest BCUT2D eigenvalue weighted by Gasteiger charge is -2.17. The predicted molar refractivity (Wildman–Crippen MR) is 79.4 cm³/mol. The zero-order chi connectivity index (χ0) is 15.1. The van der Waals surface area contributed by atoms with Crippen molar-refractivity contribution in [3.63, 3.8) is 0 Å². The van der Waals surface area contributed by atoms with Crippen LogP contribution >= 0.6 is 0 Å². The van der Waals surface area contributed by atoms with Gasteiger partial charge in [-0.2, -0.15) is 0 Å². The van der Waals surface area contributed by atoms with Crippen molar-refractivity contribution in [2.75, 3.05) is 14.2 Å². The molecule has 0 aliphatic carbocycles. The summed E-state index contributed by atoms with van der Waals surface area (Å²) in [6.07, 6.45) is 2.15. The van der Waals surface area contributed by atoms with Crippen LogP contribution in [0.4, 0.5) is 0 Å². The van der Waals surface area contributed by atoms with Gasteiger partial charge < -0.3 is 18.8 Å². The molecule has 0 unspecified atom stereocenters. The minimum Gasteiger partial charge on any atom is -0.492 e. The fraction of sp³-hybridized carbons (Fsp3) is 0.438. The van der Waals surface area contributed by atoms with Crippen LogP contribution in [0.25, 0.3) is 10.9 Å². The Hall–Kier alpha value is -2.17. The SMILES string of the molecule is COc1c(C)c(OC(C)=O)c2cc3n(c2c1OC)CCC3. The highest BCUT2D eigenvalue weighted by Gasteiger charge is 2.26. The average molecular weight is 289 g/mol. The number of esters is 1. The van der Waals surface area contributed by atoms with Crippen molar-refractivity contribution < 1.29 is 19.0 Å². The number of rotatable bonds is 3. The van der Waals surface area contributed by atoms with Crippen LogP contribution in [0.2, 0.25) is 0 Å². The maximum absolute atomic E-state index is 11.4. The number of carbonyl (C=O) groups is 1. The minimum absolute atomic E-state index is 0.335. The molecule has 0 amide bonds. The van der Waals surface area contributed by atoms with Crippen LogP contribution in [0.1, 0.15) is 24.6 Å². The van der Waals surface area contributed by atoms with E-state index in [1.165, 1.54) is 12.6 Å². The van der Waals surface area contributed by atoms with Crippen molar-refractivity contribution in [3.8, 4) is 17.2 Å². The fourth-order valence-electron chi connectivity index (χ4n) is 3.19. The van der Waals surface area contributed by atoms with Crippen molar-refractivity contribution >= 4 is 16.9 Å². The third kappa shape index (κ3) is 1.95. The van der Waals surface area contributed by atoms with Crippen LogP contribution in [0.5, 0.6) is 17.2 Å². The fourth-order valence-corrected chi connectivity index (χ4v) is 3.19. The first kappa shape index (κ1) is 13.8. The summed E-state index contributed by atoms with van der Waals surface area (Å²) in [5.41, 5.74) is 2.97. The normalized spacial score (nSPS) is 13.3. The molecular weight excluding hydrogens is 270 g/mol. The highest BCUT2D eigenvalue weighted by atomic mass is 16.5. The number of hydrogen-bond donors (Lipinski definition) is 0. The van der Waals surface area contributed by atoms with E-state index < -0.39 is 0 Å². The molecule has 5 nitrogen and oxygen atoms in total. The van der Waals surface area contributed by atoms with Gasteiger partial charge >= 0.3 is 5.97 Å². The Morgan fingerprint density at radius 3 is 2.52 bits per heavy atom. The van der Waals surface area contributed by atoms with E-state index >= 15 is 0 Å². The minimum atomic E-state index is -0.335. The molecule has 1 aliphatic rings. The zero-order valence-electron chi connectivity index (χ0n) is 12.8. The van der Waals surface area contributed by atoms with E-state index in [-0.39, 0.29) is 5.97 Å². The van der Waals surface area contributed by atoms with E-state index in [4.69, 9.17) is 14.2 Å². The number of aromatic nitrogens is 1. The number of benzene rings is 1. The molecule has 2 aromatic rings. The highest BCUT2D eigenvalue weighted by molar-refractivity contribution is 5.97. The molecule has 5 heteroatoms. The topological polar surface area (TPSA) is 49.7 Å². The molecule has 0 N–H and O–H groups in total. The smallest absolute Gasteiger partial charge is 0.308 e. The third-order valence-electron chi connectivity index (χ3n) is 4.00. The first-order valence-corrected chi connectivity index (χ1v) is 7.03. The van der Waals surface area contributed by atoms with E-state index in [0.29, 0.717) is 17.2 Å². The monoisotopic (exact) mass is 289 g/mol. The first-order valence-electron chi connectivity index (χ1n) is 7.03. The molecule has 21 heavy (non-hydrogen) atoms. The second-order valence-electron chi connectivity index (χ2n) is 5.27. The molecule has 2 heterocycles. The number of nitrogens with zero attached hydrogens (tertiary/aromatic N) is 1. The van der Waals surface area contributed by atoms with Crippen LogP contribution in [-0.4, -0.2) is 24.8 Å². The molecule has 1 aliphatic heterocycles. The number of ether oxygens (including phenoxy) is 3. The maximum Gasteiger partial charge on any atom is 0.308 e. The lowest BCUT2D eigenvalue weighted by molar-refractivity contribution is -0.131. The number of carbonyl (C=O) groups excluding carboxylic acids is 1. The maximum atomic E-state index is 11.4. The molecule has 112 valence electrons. The molecule has 1 aromatic heterocycles. The van der Waals surface area contributed by atoms with Crippen molar-refractivity contribution in [2.45, 2.75) is 33.2 Å². The molecule has 0 fully saturated rings. The standard InChI is InChI=1S/C16H19NO4/c1-9-14(21-10(2)18)12-8-11-6-5-7-17(11)13(12)16(20-4)15(9)19-3/h8H,5-7H2,1-4H3. The molecular formula is C16H19NO4. The summed E-state index contributed by atoms with van der Waals surface area (Å²) in [4.78, 5) is 11.4. The van der Waals surface area contributed by atoms with Crippen LogP contribution in [0, 0.1) is 6.92 Å². The van der Waals surface area contributed by atoms with E-state index in [9.17, 15) is 4.79 Å². The van der Waals surface area contributed by atoms with Gasteiger partial charge in [0.2, 0.25) is 0 Å². The van der Waals surface area contributed by atoms with E-state index in [0.717, 1.165) is 35.9 Å². The summed E-state index contributed by atoms with van der Waals surface area (Å²) in [5, 5.41) is 0.912. The van der Waals surface area contributed by atoms with Crippen molar-refractivity contribution in [1.29, 1.82) is 0 Å². The molecule has 0 bridgehead atoms. The molecule has 0 saturated carbocycles. The van der Waals surface area contributed by atoms with Gasteiger partial charge in [-0.05, 0) is 25.8 Å². The molecule has 0 atom stereocenters. The largest absolute Gasteiger partial charge is 0.492 e. The second-order valence-corrected chi connectivity index (χ2v) is 5.27. The molecule has 0 spiro atoms. The summed E-state index contributed by atoms with van der Waals surface area (Å²) in [6, 6.07) is 2.09. The summed E-state index contributed by atoms with van der Waals surface area (Å²) in [6.45, 7) is 4.23. The van der Waals surface area contributed by atoms with Gasteiger partial charge in [-0.15, -0.1) is 0 Å². The van der Waals surface area contributed by atoms with Crippen molar-refractivity contribution in [1.82, 2.24) is 4.57 Å². The molecule has 0 saturated heterocycles. The Balaban J connectivity index is 2.41. The Labute approximate surface area is 123 Å². The van der Waals surface area contributed by atoms with E-state index in [1.54, 1.807) is 14.2 Å². The Morgan fingerprint density at radius 2 is 1.90 bits per heavy atom. The van der Waals surface area contributed by atoms with Gasteiger partial charge in [-0.1, -0.05) is 0 Å². The van der Waals surface area contributed by atoms with Crippen molar-refractivity contribution in [3.05, 3.63) is 17.3 Å². The lowest BCUT2D eigenvalue weighted by Crippen LogP contribution is -2.06.